The SMILES string of the molecule is Cc1nn(CCCC(F)(F)F)c(C)c1C=O. The number of halogens is 3. The summed E-state index contributed by atoms with van der Waals surface area (Å²) in [5.74, 6) is 0. The molecule has 0 aliphatic rings. The van der Waals surface area contributed by atoms with Crippen LogP contribution in [-0.4, -0.2) is 22.2 Å². The van der Waals surface area contributed by atoms with Gasteiger partial charge in [-0.05, 0) is 20.3 Å². The Morgan fingerprint density at radius 3 is 2.44 bits per heavy atom. The van der Waals surface area contributed by atoms with Crippen molar-refractivity contribution in [3.8, 4) is 0 Å². The van der Waals surface area contributed by atoms with Crippen molar-refractivity contribution in [1.29, 1.82) is 0 Å². The number of alkyl halides is 3. The molecule has 1 rings (SSSR count). The molecule has 1 heterocycles. The lowest BCUT2D eigenvalue weighted by atomic mass is 10.2. The molecule has 0 atom stereocenters. The van der Waals surface area contributed by atoms with Crippen LogP contribution in [0.25, 0.3) is 0 Å². The number of rotatable bonds is 4. The third-order valence-electron chi connectivity index (χ3n) is 2.39. The van der Waals surface area contributed by atoms with E-state index in [0.29, 0.717) is 23.2 Å². The normalized spacial score (nSPS) is 11.8. The largest absolute Gasteiger partial charge is 0.389 e. The minimum atomic E-state index is -4.14. The molecular weight excluding hydrogens is 221 g/mol. The number of nitrogens with zero attached hydrogens (tertiary/aromatic N) is 2. The van der Waals surface area contributed by atoms with Crippen LogP contribution in [0.2, 0.25) is 0 Å². The summed E-state index contributed by atoms with van der Waals surface area (Å²) in [7, 11) is 0. The van der Waals surface area contributed by atoms with Gasteiger partial charge in [-0.25, -0.2) is 0 Å². The highest BCUT2D eigenvalue weighted by Gasteiger charge is 2.26. The summed E-state index contributed by atoms with van der Waals surface area (Å²) in [5, 5.41) is 4.02. The van der Waals surface area contributed by atoms with Crippen molar-refractivity contribution in [2.45, 2.75) is 39.4 Å². The van der Waals surface area contributed by atoms with Gasteiger partial charge in [0.05, 0.1) is 11.3 Å². The van der Waals surface area contributed by atoms with E-state index in [9.17, 15) is 18.0 Å². The van der Waals surface area contributed by atoms with Gasteiger partial charge in [-0.15, -0.1) is 0 Å². The van der Waals surface area contributed by atoms with Crippen molar-refractivity contribution in [1.82, 2.24) is 9.78 Å². The second-order valence-electron chi connectivity index (χ2n) is 3.64. The highest BCUT2D eigenvalue weighted by atomic mass is 19.4. The van der Waals surface area contributed by atoms with Crippen LogP contribution >= 0.6 is 0 Å². The van der Waals surface area contributed by atoms with Gasteiger partial charge in [-0.1, -0.05) is 0 Å². The maximum Gasteiger partial charge on any atom is 0.389 e. The molecule has 0 amide bonds. The molecule has 3 nitrogen and oxygen atoms in total. The maximum absolute atomic E-state index is 11.9. The van der Waals surface area contributed by atoms with Crippen LogP contribution in [0.15, 0.2) is 0 Å². The van der Waals surface area contributed by atoms with Crippen LogP contribution < -0.4 is 0 Å². The summed E-state index contributed by atoms with van der Waals surface area (Å²) in [6, 6.07) is 0. The first kappa shape index (κ1) is 12.7. The molecule has 1 aromatic rings. The minimum absolute atomic E-state index is 0.0241. The van der Waals surface area contributed by atoms with Crippen molar-refractivity contribution in [2.24, 2.45) is 0 Å². The molecule has 90 valence electrons. The van der Waals surface area contributed by atoms with Gasteiger partial charge in [-0.3, -0.25) is 9.48 Å². The van der Waals surface area contributed by atoms with Gasteiger partial charge >= 0.3 is 6.18 Å². The molecule has 0 bridgehead atoms. The molecule has 16 heavy (non-hydrogen) atoms. The van der Waals surface area contributed by atoms with Gasteiger partial charge in [0.1, 0.15) is 0 Å². The lowest BCUT2D eigenvalue weighted by Crippen LogP contribution is -2.10. The molecule has 0 radical (unpaired) electrons. The van der Waals surface area contributed by atoms with Gasteiger partial charge in [0.25, 0.3) is 0 Å². The van der Waals surface area contributed by atoms with Gasteiger partial charge in [0.15, 0.2) is 6.29 Å². The monoisotopic (exact) mass is 234 g/mol. The highest BCUT2D eigenvalue weighted by Crippen LogP contribution is 2.22. The molecule has 0 aliphatic heterocycles. The summed E-state index contributed by atoms with van der Waals surface area (Å²) in [4.78, 5) is 10.7. The van der Waals surface area contributed by atoms with E-state index in [4.69, 9.17) is 0 Å². The van der Waals surface area contributed by atoms with Gasteiger partial charge < -0.3 is 0 Å². The average Bonchev–Trinajstić information content (AvgIpc) is 2.40. The molecule has 0 N–H and O–H groups in total. The average molecular weight is 234 g/mol. The van der Waals surface area contributed by atoms with E-state index < -0.39 is 12.6 Å². The Labute approximate surface area is 91.3 Å². The number of aryl methyl sites for hydroxylation is 2. The van der Waals surface area contributed by atoms with Crippen molar-refractivity contribution in [2.75, 3.05) is 0 Å². The van der Waals surface area contributed by atoms with Gasteiger partial charge in [0.2, 0.25) is 0 Å². The molecule has 6 heteroatoms. The van der Waals surface area contributed by atoms with E-state index in [1.165, 1.54) is 4.68 Å². The fourth-order valence-corrected chi connectivity index (χ4v) is 1.53. The molecule has 0 fully saturated rings. The van der Waals surface area contributed by atoms with E-state index in [-0.39, 0.29) is 13.0 Å². The molecule has 0 saturated carbocycles. The summed E-state index contributed by atoms with van der Waals surface area (Å²) < 4.78 is 37.2. The van der Waals surface area contributed by atoms with Crippen LogP contribution in [0.3, 0.4) is 0 Å². The smallest absolute Gasteiger partial charge is 0.298 e. The number of carbonyl (C=O) groups is 1. The summed E-state index contributed by atoms with van der Waals surface area (Å²) in [6.45, 7) is 3.52. The second kappa shape index (κ2) is 4.67. The summed E-state index contributed by atoms with van der Waals surface area (Å²) >= 11 is 0. The lowest BCUT2D eigenvalue weighted by Gasteiger charge is -2.07. The molecular formula is C10H13F3N2O. The minimum Gasteiger partial charge on any atom is -0.298 e. The van der Waals surface area contributed by atoms with Crippen molar-refractivity contribution in [3.63, 3.8) is 0 Å². The Kier molecular flexibility index (Phi) is 3.72. The van der Waals surface area contributed by atoms with Crippen molar-refractivity contribution in [3.05, 3.63) is 17.0 Å². The first-order valence-electron chi connectivity index (χ1n) is 4.91. The first-order chi connectivity index (χ1) is 7.35. The number of hydrogen-bond donors (Lipinski definition) is 0. The Hall–Kier alpha value is -1.33. The summed E-state index contributed by atoms with van der Waals surface area (Å²) in [6.07, 6.45) is -4.31. The molecule has 0 unspecified atom stereocenters. The Morgan fingerprint density at radius 2 is 2.00 bits per heavy atom. The maximum atomic E-state index is 11.9. The van der Waals surface area contributed by atoms with Crippen molar-refractivity contribution >= 4 is 6.29 Å². The van der Waals surface area contributed by atoms with E-state index >= 15 is 0 Å². The van der Waals surface area contributed by atoms with Crippen LogP contribution in [-0.2, 0) is 6.54 Å². The fourth-order valence-electron chi connectivity index (χ4n) is 1.53. The molecule has 0 aliphatic carbocycles. The highest BCUT2D eigenvalue weighted by molar-refractivity contribution is 5.77. The van der Waals surface area contributed by atoms with Gasteiger partial charge in [-0.2, -0.15) is 18.3 Å². The standard InChI is InChI=1S/C10H13F3N2O/c1-7-9(6-16)8(2)15(14-7)5-3-4-10(11,12)13/h6H,3-5H2,1-2H3. The van der Waals surface area contributed by atoms with E-state index in [1.54, 1.807) is 13.8 Å². The van der Waals surface area contributed by atoms with Crippen molar-refractivity contribution < 1.29 is 18.0 Å². The van der Waals surface area contributed by atoms with E-state index in [2.05, 4.69) is 5.10 Å². The van der Waals surface area contributed by atoms with Gasteiger partial charge in [0, 0.05) is 18.7 Å². The zero-order chi connectivity index (χ0) is 12.3. The zero-order valence-corrected chi connectivity index (χ0v) is 9.14. The lowest BCUT2D eigenvalue weighted by molar-refractivity contribution is -0.136. The molecule has 0 saturated heterocycles. The third kappa shape index (κ3) is 3.08. The predicted molar refractivity (Wildman–Crippen MR) is 52.4 cm³/mol. The van der Waals surface area contributed by atoms with E-state index in [0.717, 1.165) is 0 Å². The number of aldehydes is 1. The molecule has 0 spiro atoms. The summed E-state index contributed by atoms with van der Waals surface area (Å²) in [5.41, 5.74) is 1.64. The van der Waals surface area contributed by atoms with Crippen LogP contribution in [0.1, 0.15) is 34.6 Å². The quantitative estimate of drug-likeness (QED) is 0.750. The van der Waals surface area contributed by atoms with E-state index in [1.807, 2.05) is 0 Å². The fraction of sp³-hybridized carbons (Fsp3) is 0.600. The Bertz CT molecular complexity index is 382. The second-order valence-corrected chi connectivity index (χ2v) is 3.64. The number of carbonyl (C=O) groups excluding carboxylic acids is 1. The Morgan fingerprint density at radius 1 is 1.38 bits per heavy atom. The predicted octanol–water partition coefficient (Wildman–Crippen LogP) is 2.65. The van der Waals surface area contributed by atoms with Crippen LogP contribution in [0.4, 0.5) is 13.2 Å². The first-order valence-corrected chi connectivity index (χ1v) is 4.91. The topological polar surface area (TPSA) is 34.9 Å². The number of aromatic nitrogens is 2. The Balaban J connectivity index is 2.65. The van der Waals surface area contributed by atoms with Crippen LogP contribution in [0.5, 0.6) is 0 Å². The molecule has 1 aromatic heterocycles. The zero-order valence-electron chi connectivity index (χ0n) is 9.14. The van der Waals surface area contributed by atoms with Crippen LogP contribution in [0, 0.1) is 13.8 Å². The number of hydrogen-bond acceptors (Lipinski definition) is 2. The molecule has 0 aromatic carbocycles. The third-order valence-corrected chi connectivity index (χ3v) is 2.39.